The number of aryl methyl sites for hydroxylation is 2. The van der Waals surface area contributed by atoms with E-state index in [9.17, 15) is 0 Å². The van der Waals surface area contributed by atoms with Gasteiger partial charge in [-0.3, -0.25) is 0 Å². The Hall–Kier alpha value is -2.60. The van der Waals surface area contributed by atoms with Crippen molar-refractivity contribution >= 4 is 22.9 Å². The van der Waals surface area contributed by atoms with Crippen LogP contribution in [0.25, 0.3) is 22.9 Å². The van der Waals surface area contributed by atoms with Crippen LogP contribution in [-0.4, -0.2) is 0 Å². The molecule has 0 spiro atoms. The van der Waals surface area contributed by atoms with Crippen LogP contribution < -0.4 is 0 Å². The normalized spacial score (nSPS) is 12.7. The van der Waals surface area contributed by atoms with Gasteiger partial charge in [0, 0.05) is 0 Å². The molecule has 3 aromatic rings. The summed E-state index contributed by atoms with van der Waals surface area (Å²) in [5.41, 5.74) is 9.26. The van der Waals surface area contributed by atoms with E-state index in [1.807, 2.05) is 0 Å². The molecule has 3 aromatic carbocycles. The van der Waals surface area contributed by atoms with Gasteiger partial charge in [-0.2, -0.15) is 0 Å². The van der Waals surface area contributed by atoms with Crippen molar-refractivity contribution in [2.45, 2.75) is 34.6 Å². The molecule has 0 aliphatic heterocycles. The van der Waals surface area contributed by atoms with Crippen LogP contribution >= 0.6 is 0 Å². The standard InChI is InChI=1S/C25H26/c1-17-10-6-7-11-22(17)14-18(2)19(3)16-25-21(5)20(4)15-23-12-8-9-13-24(23)25/h6-16H,1-5H3/b18-14-,19-16+. The van der Waals surface area contributed by atoms with Gasteiger partial charge in [-0.05, 0) is 84.4 Å². The van der Waals surface area contributed by atoms with Crippen molar-refractivity contribution in [1.82, 2.24) is 0 Å². The number of rotatable bonds is 3. The first-order valence-corrected chi connectivity index (χ1v) is 8.89. The summed E-state index contributed by atoms with van der Waals surface area (Å²) in [4.78, 5) is 0. The maximum atomic E-state index is 2.34. The van der Waals surface area contributed by atoms with Crippen LogP contribution in [0.1, 0.15) is 41.7 Å². The molecular weight excluding hydrogens is 300 g/mol. The predicted octanol–water partition coefficient (Wildman–Crippen LogP) is 7.27. The highest BCUT2D eigenvalue weighted by Gasteiger charge is 2.07. The Morgan fingerprint density at radius 1 is 0.720 bits per heavy atom. The first-order chi connectivity index (χ1) is 12.0. The summed E-state index contributed by atoms with van der Waals surface area (Å²) in [6, 6.07) is 19.5. The molecule has 0 radical (unpaired) electrons. The molecule has 0 amide bonds. The molecule has 0 saturated carbocycles. The number of hydrogen-bond acceptors (Lipinski definition) is 0. The molecule has 0 heterocycles. The number of hydrogen-bond donors (Lipinski definition) is 0. The van der Waals surface area contributed by atoms with Crippen molar-refractivity contribution in [3.63, 3.8) is 0 Å². The lowest BCUT2D eigenvalue weighted by atomic mass is 9.93. The zero-order valence-corrected chi connectivity index (χ0v) is 15.9. The van der Waals surface area contributed by atoms with E-state index in [-0.39, 0.29) is 0 Å². The summed E-state index contributed by atoms with van der Waals surface area (Å²) in [5.74, 6) is 0. The molecule has 126 valence electrons. The van der Waals surface area contributed by atoms with E-state index in [2.05, 4.69) is 101 Å². The molecule has 25 heavy (non-hydrogen) atoms. The lowest BCUT2D eigenvalue weighted by Crippen LogP contribution is -1.91. The Kier molecular flexibility index (Phi) is 4.90. The maximum Gasteiger partial charge on any atom is -0.0108 e. The van der Waals surface area contributed by atoms with E-state index in [0.29, 0.717) is 0 Å². The average molecular weight is 326 g/mol. The molecule has 0 fully saturated rings. The van der Waals surface area contributed by atoms with Gasteiger partial charge in [0.1, 0.15) is 0 Å². The minimum atomic E-state index is 1.29. The number of allylic oxidation sites excluding steroid dienone is 2. The van der Waals surface area contributed by atoms with Gasteiger partial charge < -0.3 is 0 Å². The SMILES string of the molecule is CC(=C/c1ccccc1C)/C(C)=C/c1c(C)c(C)cc2ccccc12. The first-order valence-electron chi connectivity index (χ1n) is 8.89. The summed E-state index contributed by atoms with van der Waals surface area (Å²) in [6.45, 7) is 11.0. The van der Waals surface area contributed by atoms with Crippen molar-refractivity contribution in [3.8, 4) is 0 Å². The third-order valence-electron chi connectivity index (χ3n) is 5.16. The van der Waals surface area contributed by atoms with Gasteiger partial charge in [0.2, 0.25) is 0 Å². The molecule has 0 aromatic heterocycles. The van der Waals surface area contributed by atoms with Gasteiger partial charge >= 0.3 is 0 Å². The lowest BCUT2D eigenvalue weighted by molar-refractivity contribution is 1.33. The van der Waals surface area contributed by atoms with E-state index in [1.54, 1.807) is 0 Å². The number of benzene rings is 3. The predicted molar refractivity (Wildman–Crippen MR) is 112 cm³/mol. The summed E-state index contributed by atoms with van der Waals surface area (Å²) >= 11 is 0. The Bertz CT molecular complexity index is 984. The molecule has 0 unspecified atom stereocenters. The summed E-state index contributed by atoms with van der Waals surface area (Å²) in [7, 11) is 0. The zero-order valence-electron chi connectivity index (χ0n) is 15.9. The van der Waals surface area contributed by atoms with Crippen molar-refractivity contribution < 1.29 is 0 Å². The molecule has 3 rings (SSSR count). The molecule has 0 bridgehead atoms. The van der Waals surface area contributed by atoms with Crippen molar-refractivity contribution in [2.24, 2.45) is 0 Å². The quantitative estimate of drug-likeness (QED) is 0.444. The van der Waals surface area contributed by atoms with Crippen molar-refractivity contribution in [1.29, 1.82) is 0 Å². The highest BCUT2D eigenvalue weighted by molar-refractivity contribution is 5.93. The van der Waals surface area contributed by atoms with Crippen LogP contribution in [0.5, 0.6) is 0 Å². The van der Waals surface area contributed by atoms with Gasteiger partial charge in [0.05, 0.1) is 0 Å². The smallest absolute Gasteiger partial charge is 0.0108 e. The Morgan fingerprint density at radius 2 is 1.36 bits per heavy atom. The van der Waals surface area contributed by atoms with Crippen molar-refractivity contribution in [2.75, 3.05) is 0 Å². The number of fused-ring (bicyclic) bond motifs is 1. The van der Waals surface area contributed by atoms with E-state index in [1.165, 1.54) is 49.7 Å². The Labute approximate surface area is 151 Å². The molecule has 0 nitrogen and oxygen atoms in total. The summed E-state index contributed by atoms with van der Waals surface area (Å²) < 4.78 is 0. The molecule has 0 atom stereocenters. The largest absolute Gasteiger partial charge is 0.0620 e. The minimum Gasteiger partial charge on any atom is -0.0620 e. The van der Waals surface area contributed by atoms with Crippen LogP contribution in [0.3, 0.4) is 0 Å². The Balaban J connectivity index is 2.10. The van der Waals surface area contributed by atoms with Crippen LogP contribution in [0.15, 0.2) is 65.7 Å². The molecule has 0 saturated heterocycles. The fourth-order valence-corrected chi connectivity index (χ4v) is 3.24. The fraction of sp³-hybridized carbons (Fsp3) is 0.200. The zero-order chi connectivity index (χ0) is 18.0. The second-order valence-corrected chi connectivity index (χ2v) is 6.96. The average Bonchev–Trinajstić information content (AvgIpc) is 2.60. The topological polar surface area (TPSA) is 0 Å². The molecule has 0 aliphatic carbocycles. The summed E-state index contributed by atoms with van der Waals surface area (Å²) in [5, 5.41) is 2.64. The maximum absolute atomic E-state index is 2.34. The lowest BCUT2D eigenvalue weighted by Gasteiger charge is -2.12. The van der Waals surface area contributed by atoms with E-state index < -0.39 is 0 Å². The van der Waals surface area contributed by atoms with Crippen LogP contribution in [0.4, 0.5) is 0 Å². The Morgan fingerprint density at radius 3 is 2.12 bits per heavy atom. The highest BCUT2D eigenvalue weighted by atomic mass is 14.1. The van der Waals surface area contributed by atoms with Gasteiger partial charge in [-0.25, -0.2) is 0 Å². The third-order valence-corrected chi connectivity index (χ3v) is 5.16. The fourth-order valence-electron chi connectivity index (χ4n) is 3.24. The van der Waals surface area contributed by atoms with Gasteiger partial charge in [0.25, 0.3) is 0 Å². The van der Waals surface area contributed by atoms with E-state index >= 15 is 0 Å². The second kappa shape index (κ2) is 7.11. The van der Waals surface area contributed by atoms with Crippen LogP contribution in [0.2, 0.25) is 0 Å². The van der Waals surface area contributed by atoms with E-state index in [0.717, 1.165) is 0 Å². The third kappa shape index (κ3) is 3.58. The van der Waals surface area contributed by atoms with Gasteiger partial charge in [0.15, 0.2) is 0 Å². The van der Waals surface area contributed by atoms with Crippen molar-refractivity contribution in [3.05, 3.63) is 93.6 Å². The summed E-state index contributed by atoms with van der Waals surface area (Å²) in [6.07, 6.45) is 4.63. The highest BCUT2D eigenvalue weighted by Crippen LogP contribution is 2.29. The first kappa shape index (κ1) is 17.2. The van der Waals surface area contributed by atoms with Gasteiger partial charge in [-0.15, -0.1) is 0 Å². The monoisotopic (exact) mass is 326 g/mol. The van der Waals surface area contributed by atoms with Gasteiger partial charge in [-0.1, -0.05) is 66.7 Å². The molecule has 0 aliphatic rings. The molecule has 0 N–H and O–H groups in total. The second-order valence-electron chi connectivity index (χ2n) is 6.96. The molecule has 0 heteroatoms. The van der Waals surface area contributed by atoms with E-state index in [4.69, 9.17) is 0 Å². The van der Waals surface area contributed by atoms with Crippen LogP contribution in [0, 0.1) is 20.8 Å². The molecular formula is C25H26. The van der Waals surface area contributed by atoms with Crippen LogP contribution in [-0.2, 0) is 0 Å². The minimum absolute atomic E-state index is 1.29.